The number of nitrogens with two attached hydrogens (primary N) is 1. The number of hydrogen-bond acceptors (Lipinski definition) is 3. The summed E-state index contributed by atoms with van der Waals surface area (Å²) in [5.74, 6) is 1.67. The van der Waals surface area contributed by atoms with Crippen LogP contribution in [0.3, 0.4) is 0 Å². The fourth-order valence-corrected chi connectivity index (χ4v) is 2.26. The molecule has 0 aliphatic rings. The molecule has 1 heterocycles. The summed E-state index contributed by atoms with van der Waals surface area (Å²) in [5.41, 5.74) is 9.37. The number of aromatic amines is 1. The monoisotopic (exact) mass is 339 g/mol. The van der Waals surface area contributed by atoms with E-state index in [2.05, 4.69) is 9.97 Å². The topological polar surface area (TPSA) is 63.9 Å². The highest BCUT2D eigenvalue weighted by atomic mass is 35.5. The number of rotatable bonds is 4. The van der Waals surface area contributed by atoms with Crippen LogP contribution in [0.5, 0.6) is 5.75 Å². The number of nitrogens with zero attached hydrogens (tertiary/aromatic N) is 1. The number of H-pyrrole nitrogens is 1. The van der Waals surface area contributed by atoms with Crippen molar-refractivity contribution < 1.29 is 4.74 Å². The lowest BCUT2D eigenvalue weighted by Gasteiger charge is -2.09. The van der Waals surface area contributed by atoms with Gasteiger partial charge in [-0.1, -0.05) is 24.3 Å². The second-order valence-corrected chi connectivity index (χ2v) is 4.80. The zero-order valence-corrected chi connectivity index (χ0v) is 13.8. The van der Waals surface area contributed by atoms with Gasteiger partial charge in [-0.25, -0.2) is 4.98 Å². The molecule has 1 aromatic heterocycles. The van der Waals surface area contributed by atoms with E-state index in [9.17, 15) is 0 Å². The van der Waals surface area contributed by atoms with Crippen molar-refractivity contribution in [2.45, 2.75) is 12.5 Å². The zero-order chi connectivity index (χ0) is 13.9. The second-order valence-electron chi connectivity index (χ2n) is 4.80. The highest BCUT2D eigenvalue weighted by Gasteiger charge is 2.11. The minimum Gasteiger partial charge on any atom is -0.497 e. The molecule has 3 rings (SSSR count). The van der Waals surface area contributed by atoms with Gasteiger partial charge in [0.25, 0.3) is 0 Å². The summed E-state index contributed by atoms with van der Waals surface area (Å²) in [6.45, 7) is 0. The Morgan fingerprint density at radius 3 is 2.41 bits per heavy atom. The Labute approximate surface area is 141 Å². The fraction of sp³-hybridized carbons (Fsp3) is 0.188. The molecule has 4 nitrogen and oxygen atoms in total. The van der Waals surface area contributed by atoms with Crippen LogP contribution in [-0.4, -0.2) is 17.1 Å². The Morgan fingerprint density at radius 2 is 1.77 bits per heavy atom. The standard InChI is InChI=1S/C16H17N3O.2ClH/c1-20-12-8-6-11(7-9-12)10-13(17)16-18-14-4-2-3-5-15(14)19-16;;/h2-9,13H,10,17H2,1H3,(H,18,19);2*1H/t13-;;/m1../s1. The van der Waals surface area contributed by atoms with Crippen molar-refractivity contribution in [3.05, 3.63) is 59.9 Å². The van der Waals surface area contributed by atoms with Gasteiger partial charge < -0.3 is 15.5 Å². The smallest absolute Gasteiger partial charge is 0.124 e. The Morgan fingerprint density at radius 1 is 1.09 bits per heavy atom. The van der Waals surface area contributed by atoms with E-state index in [0.29, 0.717) is 0 Å². The molecular weight excluding hydrogens is 321 g/mol. The van der Waals surface area contributed by atoms with Crippen LogP contribution in [0, 0.1) is 0 Å². The summed E-state index contributed by atoms with van der Waals surface area (Å²) in [4.78, 5) is 7.81. The molecule has 0 aliphatic carbocycles. The van der Waals surface area contributed by atoms with Crippen molar-refractivity contribution in [2.75, 3.05) is 7.11 Å². The zero-order valence-electron chi connectivity index (χ0n) is 12.2. The van der Waals surface area contributed by atoms with Gasteiger partial charge >= 0.3 is 0 Å². The first-order chi connectivity index (χ1) is 9.76. The number of methoxy groups -OCH3 is 1. The molecule has 0 unspecified atom stereocenters. The van der Waals surface area contributed by atoms with E-state index in [4.69, 9.17) is 10.5 Å². The van der Waals surface area contributed by atoms with Crippen molar-refractivity contribution in [3.8, 4) is 5.75 Å². The van der Waals surface area contributed by atoms with Crippen molar-refractivity contribution in [1.82, 2.24) is 9.97 Å². The molecule has 2 aromatic carbocycles. The summed E-state index contributed by atoms with van der Waals surface area (Å²) < 4.78 is 5.15. The first-order valence-corrected chi connectivity index (χ1v) is 6.59. The molecule has 6 heteroatoms. The van der Waals surface area contributed by atoms with Crippen molar-refractivity contribution >= 4 is 35.8 Å². The van der Waals surface area contributed by atoms with Gasteiger partial charge in [0.2, 0.25) is 0 Å². The third-order valence-electron chi connectivity index (χ3n) is 3.37. The molecule has 0 bridgehead atoms. The third-order valence-corrected chi connectivity index (χ3v) is 3.37. The molecule has 0 spiro atoms. The van der Waals surface area contributed by atoms with E-state index < -0.39 is 0 Å². The maximum Gasteiger partial charge on any atom is 0.124 e. The van der Waals surface area contributed by atoms with Crippen LogP contribution in [0.15, 0.2) is 48.5 Å². The number of nitrogens with one attached hydrogen (secondary N) is 1. The average Bonchev–Trinajstić information content (AvgIpc) is 2.92. The van der Waals surface area contributed by atoms with Crippen LogP contribution in [0.1, 0.15) is 17.4 Å². The van der Waals surface area contributed by atoms with Gasteiger partial charge in [-0.05, 0) is 36.2 Å². The fourth-order valence-electron chi connectivity index (χ4n) is 2.26. The molecule has 22 heavy (non-hydrogen) atoms. The Balaban J connectivity index is 0.00000121. The number of benzene rings is 2. The predicted molar refractivity (Wildman–Crippen MR) is 94.2 cm³/mol. The molecular formula is C16H19Cl2N3O. The third kappa shape index (κ3) is 3.91. The van der Waals surface area contributed by atoms with E-state index in [1.54, 1.807) is 7.11 Å². The molecule has 0 saturated heterocycles. The molecule has 1 atom stereocenters. The van der Waals surface area contributed by atoms with Crippen LogP contribution < -0.4 is 10.5 Å². The average molecular weight is 340 g/mol. The number of hydrogen-bond donors (Lipinski definition) is 2. The van der Waals surface area contributed by atoms with Gasteiger partial charge in [0.1, 0.15) is 11.6 Å². The number of fused-ring (bicyclic) bond motifs is 1. The molecule has 0 amide bonds. The predicted octanol–water partition coefficient (Wildman–Crippen LogP) is 3.66. The van der Waals surface area contributed by atoms with Crippen molar-refractivity contribution in [2.24, 2.45) is 5.73 Å². The van der Waals surface area contributed by atoms with E-state index in [1.807, 2.05) is 48.5 Å². The molecule has 0 radical (unpaired) electrons. The minimum atomic E-state index is -0.143. The number of halogens is 2. The lowest BCUT2D eigenvalue weighted by atomic mass is 10.1. The quantitative estimate of drug-likeness (QED) is 0.762. The maximum absolute atomic E-state index is 6.24. The van der Waals surface area contributed by atoms with Gasteiger partial charge in [0, 0.05) is 0 Å². The normalized spacial score (nSPS) is 11.4. The van der Waals surface area contributed by atoms with E-state index in [1.165, 1.54) is 5.56 Å². The Bertz CT molecular complexity index is 680. The van der Waals surface area contributed by atoms with Gasteiger partial charge in [-0.2, -0.15) is 0 Å². The lowest BCUT2D eigenvalue weighted by Crippen LogP contribution is -2.14. The Hall–Kier alpha value is -1.75. The van der Waals surface area contributed by atoms with Crippen LogP contribution >= 0.6 is 24.8 Å². The van der Waals surface area contributed by atoms with Crippen molar-refractivity contribution in [1.29, 1.82) is 0 Å². The van der Waals surface area contributed by atoms with Crippen molar-refractivity contribution in [3.63, 3.8) is 0 Å². The van der Waals surface area contributed by atoms with Crippen LogP contribution in [0.2, 0.25) is 0 Å². The van der Waals surface area contributed by atoms with Crippen LogP contribution in [0.25, 0.3) is 11.0 Å². The lowest BCUT2D eigenvalue weighted by molar-refractivity contribution is 0.414. The SMILES string of the molecule is COc1ccc(C[C@@H](N)c2nc3ccccc3[nH]2)cc1.Cl.Cl. The van der Waals surface area contributed by atoms with Gasteiger partial charge in [0.05, 0.1) is 24.2 Å². The van der Waals surface area contributed by atoms with Gasteiger partial charge in [-0.15, -0.1) is 24.8 Å². The number of para-hydroxylation sites is 2. The maximum atomic E-state index is 6.24. The molecule has 3 N–H and O–H groups in total. The van der Waals surface area contributed by atoms with Gasteiger partial charge in [-0.3, -0.25) is 0 Å². The Kier molecular flexibility index (Phi) is 6.68. The van der Waals surface area contributed by atoms with Crippen LogP contribution in [-0.2, 0) is 6.42 Å². The largest absolute Gasteiger partial charge is 0.497 e. The molecule has 3 aromatic rings. The van der Waals surface area contributed by atoms with E-state index >= 15 is 0 Å². The molecule has 118 valence electrons. The molecule has 0 saturated carbocycles. The summed E-state index contributed by atoms with van der Waals surface area (Å²) in [6, 6.07) is 15.8. The summed E-state index contributed by atoms with van der Waals surface area (Å²) >= 11 is 0. The first-order valence-electron chi connectivity index (χ1n) is 6.59. The highest BCUT2D eigenvalue weighted by Crippen LogP contribution is 2.19. The van der Waals surface area contributed by atoms with Gasteiger partial charge in [0.15, 0.2) is 0 Å². The molecule has 0 fully saturated rings. The summed E-state index contributed by atoms with van der Waals surface area (Å²) in [7, 11) is 1.66. The number of aromatic nitrogens is 2. The van der Waals surface area contributed by atoms with E-state index in [-0.39, 0.29) is 30.9 Å². The highest BCUT2D eigenvalue weighted by molar-refractivity contribution is 5.85. The molecule has 0 aliphatic heterocycles. The van der Waals surface area contributed by atoms with E-state index in [0.717, 1.165) is 29.0 Å². The first kappa shape index (κ1) is 18.3. The number of imidazole rings is 1. The minimum absolute atomic E-state index is 0. The summed E-state index contributed by atoms with van der Waals surface area (Å²) in [5, 5.41) is 0. The van der Waals surface area contributed by atoms with Crippen LogP contribution in [0.4, 0.5) is 0 Å². The second kappa shape index (κ2) is 8.03. The summed E-state index contributed by atoms with van der Waals surface area (Å²) in [6.07, 6.45) is 0.740. The number of ether oxygens (including phenoxy) is 1.